The smallest absolute Gasteiger partial charge is 0.0711 e. The van der Waals surface area contributed by atoms with E-state index in [1.807, 2.05) is 6.92 Å². The molecule has 2 aliphatic carbocycles. The van der Waals surface area contributed by atoms with Gasteiger partial charge in [0.25, 0.3) is 0 Å². The van der Waals surface area contributed by atoms with E-state index in [1.54, 1.807) is 0 Å². The number of allylic oxidation sites excluding steroid dienone is 17. The minimum atomic E-state index is -0.910. The Morgan fingerprint density at radius 1 is 0.581 bits per heavy atom. The van der Waals surface area contributed by atoms with Gasteiger partial charge in [-0.3, -0.25) is 0 Å². The first-order chi connectivity index (χ1) is 19.9. The van der Waals surface area contributed by atoms with Crippen LogP contribution < -0.4 is 0 Å². The van der Waals surface area contributed by atoms with Crippen LogP contribution in [0.25, 0.3) is 0 Å². The van der Waals surface area contributed by atoms with E-state index in [4.69, 9.17) is 0 Å². The van der Waals surface area contributed by atoms with E-state index in [9.17, 15) is 15.3 Å². The molecule has 0 aromatic carbocycles. The van der Waals surface area contributed by atoms with Gasteiger partial charge in [0.1, 0.15) is 0 Å². The van der Waals surface area contributed by atoms with E-state index < -0.39 is 11.7 Å². The first kappa shape index (κ1) is 36.7. The summed E-state index contributed by atoms with van der Waals surface area (Å²) in [6.45, 7) is 21.3. The van der Waals surface area contributed by atoms with Crippen molar-refractivity contribution in [2.24, 2.45) is 28.6 Å². The molecule has 0 heterocycles. The molecule has 0 amide bonds. The molecule has 0 radical (unpaired) electrons. The van der Waals surface area contributed by atoms with Crippen LogP contribution in [0.1, 0.15) is 94.9 Å². The van der Waals surface area contributed by atoms with Crippen molar-refractivity contribution >= 4 is 0 Å². The van der Waals surface area contributed by atoms with E-state index in [0.29, 0.717) is 24.7 Å². The minimum absolute atomic E-state index is 0.00914. The van der Waals surface area contributed by atoms with Gasteiger partial charge in [0.05, 0.1) is 17.8 Å². The number of hydrogen-bond donors (Lipinski definition) is 3. The Morgan fingerprint density at radius 2 is 1.02 bits per heavy atom. The quantitative estimate of drug-likeness (QED) is 0.223. The molecule has 0 saturated heterocycles. The molecule has 0 aromatic heterocycles. The second-order valence-corrected chi connectivity index (χ2v) is 14.9. The van der Waals surface area contributed by atoms with Crippen molar-refractivity contribution in [1.29, 1.82) is 0 Å². The van der Waals surface area contributed by atoms with E-state index in [2.05, 4.69) is 147 Å². The van der Waals surface area contributed by atoms with Crippen molar-refractivity contribution in [3.63, 3.8) is 0 Å². The highest BCUT2D eigenvalue weighted by molar-refractivity contribution is 5.32. The van der Waals surface area contributed by atoms with Gasteiger partial charge < -0.3 is 15.3 Å². The minimum Gasteiger partial charge on any atom is -0.393 e. The summed E-state index contributed by atoms with van der Waals surface area (Å²) in [7, 11) is 0. The zero-order valence-corrected chi connectivity index (χ0v) is 28.6. The van der Waals surface area contributed by atoms with Crippen molar-refractivity contribution in [2.45, 2.75) is 113 Å². The molecule has 0 aromatic rings. The predicted molar refractivity (Wildman–Crippen MR) is 186 cm³/mol. The van der Waals surface area contributed by atoms with E-state index >= 15 is 0 Å². The predicted octanol–water partition coefficient (Wildman–Crippen LogP) is 9.53. The average molecular weight is 589 g/mol. The van der Waals surface area contributed by atoms with Crippen LogP contribution in [0.4, 0.5) is 0 Å². The average Bonchev–Trinajstić information content (AvgIpc) is 2.83. The summed E-state index contributed by atoms with van der Waals surface area (Å²) in [5.74, 6) is 0.958. The van der Waals surface area contributed by atoms with Crippen LogP contribution in [-0.2, 0) is 0 Å². The molecular weight excluding hydrogens is 528 g/mol. The molecule has 3 N–H and O–H groups in total. The highest BCUT2D eigenvalue weighted by atomic mass is 16.3. The van der Waals surface area contributed by atoms with Crippen molar-refractivity contribution < 1.29 is 15.3 Å². The first-order valence-corrected chi connectivity index (χ1v) is 16.1. The van der Waals surface area contributed by atoms with Crippen LogP contribution >= 0.6 is 0 Å². The molecule has 0 bridgehead atoms. The maximum Gasteiger partial charge on any atom is 0.0711 e. The van der Waals surface area contributed by atoms with Crippen LogP contribution in [0.15, 0.2) is 107 Å². The van der Waals surface area contributed by atoms with Gasteiger partial charge in [-0.25, -0.2) is 0 Å². The Bertz CT molecular complexity index is 1170. The third kappa shape index (κ3) is 12.2. The lowest BCUT2D eigenvalue weighted by molar-refractivity contribution is -0.111. The Balaban J connectivity index is 1.89. The van der Waals surface area contributed by atoms with E-state index in [-0.39, 0.29) is 22.9 Å². The molecule has 43 heavy (non-hydrogen) atoms. The molecule has 3 heteroatoms. The Hall–Kier alpha value is -2.46. The van der Waals surface area contributed by atoms with Gasteiger partial charge in [-0.15, -0.1) is 0 Å². The number of aliphatic hydroxyl groups is 3. The first-order valence-electron chi connectivity index (χ1n) is 16.1. The third-order valence-electron chi connectivity index (χ3n) is 9.23. The molecule has 238 valence electrons. The standard InChI is InChI=1S/C40H60O3/c1-29(17-13-19-31(3)21-23-36-33(5)25-34(41)26-38(36,6)7)15-11-12-16-30(2)18-14-20-32(4)22-24-37-39(8,9)27-35(42)28-40(37,10)43/h11-24,33-37,41-43H,25-28H2,1-10H3/b12-11+,17-13+,18-14+,23-21+,24-22+,29-15+,30-16+,31-19+,32-20+/t33-,34+,35-,36-,37+,40+/m0/s1. The van der Waals surface area contributed by atoms with Gasteiger partial charge in [0, 0.05) is 12.3 Å². The molecule has 2 aliphatic rings. The van der Waals surface area contributed by atoms with Crippen LogP contribution in [-0.4, -0.2) is 33.1 Å². The second kappa shape index (κ2) is 16.0. The van der Waals surface area contributed by atoms with Gasteiger partial charge in [-0.1, -0.05) is 142 Å². The molecule has 2 fully saturated rings. The SMILES string of the molecule is CC(/C=C/C=C(C)/C=C/[C@@H]1C(C)(C)C[C@H](O)C[C@@]1(C)O)=C\C=C\C=C(C)\C=C\C=C(C)\C=C\[C@H]1[C@@H](C)C[C@@H](O)CC1(C)C. The van der Waals surface area contributed by atoms with Gasteiger partial charge in [-0.2, -0.15) is 0 Å². The van der Waals surface area contributed by atoms with E-state index in [1.165, 1.54) is 11.1 Å². The lowest BCUT2D eigenvalue weighted by Crippen LogP contribution is -2.50. The molecule has 6 atom stereocenters. The molecule has 2 rings (SSSR count). The van der Waals surface area contributed by atoms with Gasteiger partial charge in [0.15, 0.2) is 0 Å². The lowest BCUT2D eigenvalue weighted by Gasteiger charge is -2.48. The zero-order valence-electron chi connectivity index (χ0n) is 28.6. The number of aliphatic hydroxyl groups excluding tert-OH is 2. The second-order valence-electron chi connectivity index (χ2n) is 14.9. The summed E-state index contributed by atoms with van der Waals surface area (Å²) in [6, 6.07) is 0. The van der Waals surface area contributed by atoms with E-state index in [0.717, 1.165) is 24.0 Å². The van der Waals surface area contributed by atoms with Crippen LogP contribution in [0.5, 0.6) is 0 Å². The third-order valence-corrected chi connectivity index (χ3v) is 9.23. The van der Waals surface area contributed by atoms with Crippen molar-refractivity contribution in [2.75, 3.05) is 0 Å². The van der Waals surface area contributed by atoms with Gasteiger partial charge >= 0.3 is 0 Å². The fraction of sp³-hybridized carbons (Fsp3) is 0.550. The zero-order chi connectivity index (χ0) is 32.4. The maximum absolute atomic E-state index is 10.9. The summed E-state index contributed by atoms with van der Waals surface area (Å²) in [5, 5.41) is 31.2. The molecule has 0 spiro atoms. The molecule has 0 unspecified atom stereocenters. The Labute approximate surface area is 263 Å². The summed E-state index contributed by atoms with van der Waals surface area (Å²) in [5.41, 5.74) is 3.73. The lowest BCUT2D eigenvalue weighted by atomic mass is 9.61. The van der Waals surface area contributed by atoms with Gasteiger partial charge in [0.2, 0.25) is 0 Å². The molecule has 3 nitrogen and oxygen atoms in total. The summed E-state index contributed by atoms with van der Waals surface area (Å²) < 4.78 is 0. The summed E-state index contributed by atoms with van der Waals surface area (Å²) in [4.78, 5) is 0. The summed E-state index contributed by atoms with van der Waals surface area (Å²) >= 11 is 0. The highest BCUT2D eigenvalue weighted by Crippen LogP contribution is 2.47. The fourth-order valence-corrected chi connectivity index (χ4v) is 7.19. The van der Waals surface area contributed by atoms with Crippen LogP contribution in [0.3, 0.4) is 0 Å². The van der Waals surface area contributed by atoms with Crippen LogP contribution in [0, 0.1) is 28.6 Å². The maximum atomic E-state index is 10.9. The monoisotopic (exact) mass is 588 g/mol. The normalized spacial score (nSPS) is 33.2. The summed E-state index contributed by atoms with van der Waals surface area (Å²) in [6.07, 6.45) is 31.9. The molecule has 2 saturated carbocycles. The number of rotatable bonds is 10. The fourth-order valence-electron chi connectivity index (χ4n) is 7.19. The van der Waals surface area contributed by atoms with Crippen LogP contribution in [0.2, 0.25) is 0 Å². The molecular formula is C40H60O3. The molecule has 0 aliphatic heterocycles. The van der Waals surface area contributed by atoms with Gasteiger partial charge in [-0.05, 0) is 76.5 Å². The highest BCUT2D eigenvalue weighted by Gasteiger charge is 2.47. The van der Waals surface area contributed by atoms with Crippen molar-refractivity contribution in [3.05, 3.63) is 107 Å². The van der Waals surface area contributed by atoms with Crippen molar-refractivity contribution in [3.8, 4) is 0 Å². The topological polar surface area (TPSA) is 60.7 Å². The largest absolute Gasteiger partial charge is 0.393 e. The Morgan fingerprint density at radius 3 is 1.51 bits per heavy atom. The Kier molecular flexibility index (Phi) is 13.7. The van der Waals surface area contributed by atoms with Crippen molar-refractivity contribution in [1.82, 2.24) is 0 Å². The number of hydrogen-bond acceptors (Lipinski definition) is 3.